The number of aromatic hydroxyl groups is 1. The van der Waals surface area contributed by atoms with Crippen LogP contribution in [-0.2, 0) is 0 Å². The number of fused-ring (bicyclic) bond motifs is 1. The summed E-state index contributed by atoms with van der Waals surface area (Å²) in [4.78, 5) is 21.6. The minimum absolute atomic E-state index is 0.0999. The number of phenolic OH excluding ortho intramolecular Hbond substituents is 1. The van der Waals surface area contributed by atoms with Crippen LogP contribution in [0.15, 0.2) is 28.0 Å². The van der Waals surface area contributed by atoms with Crippen LogP contribution < -0.4 is 11.2 Å². The molecule has 0 aliphatic rings. The summed E-state index contributed by atoms with van der Waals surface area (Å²) >= 11 is 6.59. The third-order valence-electron chi connectivity index (χ3n) is 3.39. The number of amides is 1. The van der Waals surface area contributed by atoms with Crippen molar-refractivity contribution in [2.75, 3.05) is 5.73 Å². The monoisotopic (exact) mass is 531 g/mol. The molecule has 1 aromatic carbocycles. The summed E-state index contributed by atoms with van der Waals surface area (Å²) < 4.78 is 1.48. The highest BCUT2D eigenvalue weighted by Gasteiger charge is 2.18. The zero-order valence-corrected chi connectivity index (χ0v) is 17.3. The maximum atomic E-state index is 12.4. The fraction of sp³-hybridized carbons (Fsp3) is 0.0667. The number of phenols is 1. The van der Waals surface area contributed by atoms with E-state index in [4.69, 9.17) is 5.73 Å². The van der Waals surface area contributed by atoms with Crippen molar-refractivity contribution in [2.24, 2.45) is 5.10 Å². The van der Waals surface area contributed by atoms with E-state index in [0.29, 0.717) is 35.6 Å². The van der Waals surface area contributed by atoms with Gasteiger partial charge in [0.1, 0.15) is 22.7 Å². The Hall–Kier alpha value is -1.79. The van der Waals surface area contributed by atoms with Gasteiger partial charge in [-0.25, -0.2) is 15.4 Å². The number of carbonyl (C=O) groups excluding carboxylic acids is 1. The van der Waals surface area contributed by atoms with Gasteiger partial charge >= 0.3 is 0 Å². The van der Waals surface area contributed by atoms with Crippen molar-refractivity contribution >= 4 is 78.0 Å². The Morgan fingerprint density at radius 1 is 1.48 bits per heavy atom. The molecule has 0 aliphatic heterocycles. The number of nitrogens with two attached hydrogens (primary N) is 1. The molecular formula is C15H11BrIN5O2S. The van der Waals surface area contributed by atoms with Gasteiger partial charge in [-0.1, -0.05) is 15.9 Å². The number of benzene rings is 1. The summed E-state index contributed by atoms with van der Waals surface area (Å²) in [6.07, 6.45) is 2.75. The second-order valence-corrected chi connectivity index (χ2v) is 8.10. The van der Waals surface area contributed by atoms with Gasteiger partial charge in [-0.3, -0.25) is 4.79 Å². The van der Waals surface area contributed by atoms with Crippen LogP contribution in [0.2, 0.25) is 0 Å². The van der Waals surface area contributed by atoms with Crippen molar-refractivity contribution < 1.29 is 9.90 Å². The maximum absolute atomic E-state index is 12.4. The molecule has 2 aromatic heterocycles. The third-order valence-corrected chi connectivity index (χ3v) is 5.87. The van der Waals surface area contributed by atoms with E-state index < -0.39 is 0 Å². The van der Waals surface area contributed by atoms with Crippen molar-refractivity contribution in [1.82, 2.24) is 15.4 Å². The molecule has 0 bridgehead atoms. The Morgan fingerprint density at radius 3 is 2.96 bits per heavy atom. The molecule has 0 radical (unpaired) electrons. The van der Waals surface area contributed by atoms with Crippen molar-refractivity contribution in [1.29, 1.82) is 0 Å². The number of anilines is 1. The number of aromatic nitrogens is 2. The van der Waals surface area contributed by atoms with Crippen LogP contribution in [0, 0.1) is 10.5 Å². The third kappa shape index (κ3) is 3.60. The Labute approximate surface area is 168 Å². The number of nitrogen functional groups attached to an aromatic ring is 1. The number of carbonyl (C=O) groups is 1. The standard InChI is InChI=1S/C15H11BrIN5O2S/c1-6-10-13(18)19-5-20-15(10)25-12(6)14(24)22-21-4-7-2-8(16)3-9(17)11(7)23/h2-5,23H,1H3,(H,22,24)(H2,18,19,20)/b21-4-. The first kappa shape index (κ1) is 18.0. The quantitative estimate of drug-likeness (QED) is 0.272. The smallest absolute Gasteiger partial charge is 0.281 e. The molecule has 2 heterocycles. The van der Waals surface area contributed by atoms with E-state index in [9.17, 15) is 9.90 Å². The number of rotatable bonds is 3. The lowest BCUT2D eigenvalue weighted by molar-refractivity contribution is 0.0958. The zero-order valence-electron chi connectivity index (χ0n) is 12.7. The Morgan fingerprint density at radius 2 is 2.24 bits per heavy atom. The van der Waals surface area contributed by atoms with Gasteiger partial charge in [0, 0.05) is 10.0 Å². The van der Waals surface area contributed by atoms with Crippen LogP contribution in [0.25, 0.3) is 10.2 Å². The molecule has 0 saturated carbocycles. The van der Waals surface area contributed by atoms with Crippen molar-refractivity contribution in [2.45, 2.75) is 6.92 Å². The van der Waals surface area contributed by atoms with Crippen LogP contribution in [0.5, 0.6) is 5.75 Å². The fourth-order valence-corrected chi connectivity index (χ4v) is 4.81. The zero-order chi connectivity index (χ0) is 18.1. The van der Waals surface area contributed by atoms with Gasteiger partial charge < -0.3 is 10.8 Å². The van der Waals surface area contributed by atoms with E-state index in [1.165, 1.54) is 23.9 Å². The minimum atomic E-state index is -0.375. The molecule has 128 valence electrons. The molecule has 4 N–H and O–H groups in total. The van der Waals surface area contributed by atoms with Crippen LogP contribution in [0.4, 0.5) is 5.82 Å². The number of hydrazone groups is 1. The second-order valence-electron chi connectivity index (χ2n) is 5.02. The van der Waals surface area contributed by atoms with Gasteiger partial charge in [-0.05, 0) is 47.2 Å². The van der Waals surface area contributed by atoms with Gasteiger partial charge in [0.05, 0.1) is 20.0 Å². The van der Waals surface area contributed by atoms with E-state index >= 15 is 0 Å². The maximum Gasteiger partial charge on any atom is 0.281 e. The largest absolute Gasteiger partial charge is 0.506 e. The van der Waals surface area contributed by atoms with Gasteiger partial charge in [-0.2, -0.15) is 5.10 Å². The van der Waals surface area contributed by atoms with Crippen molar-refractivity contribution in [3.8, 4) is 5.75 Å². The first-order valence-corrected chi connectivity index (χ1v) is 9.58. The first-order valence-electron chi connectivity index (χ1n) is 6.89. The lowest BCUT2D eigenvalue weighted by Gasteiger charge is -2.03. The normalized spacial score (nSPS) is 11.3. The number of hydrogen-bond donors (Lipinski definition) is 3. The molecule has 25 heavy (non-hydrogen) atoms. The molecule has 1 amide bonds. The van der Waals surface area contributed by atoms with Gasteiger partial charge in [-0.15, -0.1) is 11.3 Å². The lowest BCUT2D eigenvalue weighted by atomic mass is 10.2. The lowest BCUT2D eigenvalue weighted by Crippen LogP contribution is -2.17. The van der Waals surface area contributed by atoms with E-state index in [-0.39, 0.29) is 11.7 Å². The van der Waals surface area contributed by atoms with Crippen LogP contribution in [-0.4, -0.2) is 27.2 Å². The topological polar surface area (TPSA) is 113 Å². The molecule has 0 unspecified atom stereocenters. The summed E-state index contributed by atoms with van der Waals surface area (Å²) in [5.74, 6) is 0.0677. The number of nitrogens with one attached hydrogen (secondary N) is 1. The van der Waals surface area contributed by atoms with Gasteiger partial charge in [0.2, 0.25) is 0 Å². The summed E-state index contributed by atoms with van der Waals surface area (Å²) in [7, 11) is 0. The van der Waals surface area contributed by atoms with E-state index in [1.54, 1.807) is 19.1 Å². The molecule has 10 heteroatoms. The van der Waals surface area contributed by atoms with Crippen molar-refractivity contribution in [3.63, 3.8) is 0 Å². The number of hydrogen-bond acceptors (Lipinski definition) is 7. The molecular weight excluding hydrogens is 521 g/mol. The van der Waals surface area contributed by atoms with Crippen LogP contribution >= 0.6 is 49.9 Å². The molecule has 0 aliphatic carbocycles. The van der Waals surface area contributed by atoms with Gasteiger partial charge in [0.15, 0.2) is 0 Å². The highest BCUT2D eigenvalue weighted by atomic mass is 127. The van der Waals surface area contributed by atoms with E-state index in [1.807, 2.05) is 22.6 Å². The SMILES string of the molecule is Cc1c(C(=O)N/N=C\c2cc(Br)cc(I)c2O)sc2ncnc(N)c12. The molecule has 3 aromatic rings. The molecule has 0 saturated heterocycles. The fourth-order valence-electron chi connectivity index (χ4n) is 2.21. The Balaban J connectivity index is 1.84. The summed E-state index contributed by atoms with van der Waals surface area (Å²) in [6, 6.07) is 3.48. The average Bonchev–Trinajstić information content (AvgIpc) is 2.90. The predicted molar refractivity (Wildman–Crippen MR) is 110 cm³/mol. The average molecular weight is 532 g/mol. The summed E-state index contributed by atoms with van der Waals surface area (Å²) in [6.45, 7) is 1.79. The molecule has 3 rings (SSSR count). The molecule has 0 atom stereocenters. The summed E-state index contributed by atoms with van der Waals surface area (Å²) in [5.41, 5.74) is 9.51. The van der Waals surface area contributed by atoms with Crippen LogP contribution in [0.1, 0.15) is 20.8 Å². The number of nitrogens with zero attached hydrogens (tertiary/aromatic N) is 3. The molecule has 0 spiro atoms. The van der Waals surface area contributed by atoms with E-state index in [2.05, 4.69) is 36.4 Å². The summed E-state index contributed by atoms with van der Waals surface area (Å²) in [5, 5.41) is 14.6. The number of thiophene rings is 1. The highest BCUT2D eigenvalue weighted by molar-refractivity contribution is 14.1. The number of aryl methyl sites for hydroxylation is 1. The van der Waals surface area contributed by atoms with E-state index in [0.717, 1.165) is 4.47 Å². The van der Waals surface area contributed by atoms with Crippen molar-refractivity contribution in [3.05, 3.63) is 42.5 Å². The molecule has 7 nitrogen and oxygen atoms in total. The predicted octanol–water partition coefficient (Wildman–Crippen LogP) is 3.42. The second kappa shape index (κ2) is 7.22. The van der Waals surface area contributed by atoms with Gasteiger partial charge in [0.25, 0.3) is 5.91 Å². The highest BCUT2D eigenvalue weighted by Crippen LogP contribution is 2.32. The number of halogens is 2. The Bertz CT molecular complexity index is 1020. The molecule has 0 fully saturated rings. The minimum Gasteiger partial charge on any atom is -0.506 e. The Kier molecular flexibility index (Phi) is 5.20. The first-order chi connectivity index (χ1) is 11.9. The van der Waals surface area contributed by atoms with Crippen LogP contribution in [0.3, 0.4) is 0 Å².